The van der Waals surface area contributed by atoms with Crippen molar-refractivity contribution >= 4 is 33.2 Å². The summed E-state index contributed by atoms with van der Waals surface area (Å²) in [7, 11) is 1.72. The first-order chi connectivity index (χ1) is 18.9. The Hall–Kier alpha value is -3.08. The van der Waals surface area contributed by atoms with Gasteiger partial charge in [0.1, 0.15) is 24.1 Å². The summed E-state index contributed by atoms with van der Waals surface area (Å²) in [6.07, 6.45) is 6.05. The maximum atomic E-state index is 13.0. The van der Waals surface area contributed by atoms with E-state index in [4.69, 9.17) is 10.5 Å². The molecular formula is C29H38N6O3S. The summed E-state index contributed by atoms with van der Waals surface area (Å²) < 4.78 is 6.84. The summed E-state index contributed by atoms with van der Waals surface area (Å²) in [5, 5.41) is 14.4. The Balaban J connectivity index is 1.17. The number of hydrogen-bond acceptors (Lipinski definition) is 9. The molecule has 0 bridgehead atoms. The van der Waals surface area contributed by atoms with Gasteiger partial charge in [-0.2, -0.15) is 0 Å². The highest BCUT2D eigenvalue weighted by atomic mass is 32.1. The number of nitrogens with one attached hydrogen (secondary N) is 1. The molecule has 2 fully saturated rings. The van der Waals surface area contributed by atoms with E-state index in [-0.39, 0.29) is 24.0 Å². The van der Waals surface area contributed by atoms with Crippen molar-refractivity contribution in [1.82, 2.24) is 20.0 Å². The van der Waals surface area contributed by atoms with Crippen LogP contribution in [-0.2, 0) is 4.79 Å². The third-order valence-corrected chi connectivity index (χ3v) is 9.73. The van der Waals surface area contributed by atoms with Crippen LogP contribution in [-0.4, -0.2) is 96.7 Å². The minimum absolute atomic E-state index is 0.0733. The van der Waals surface area contributed by atoms with E-state index in [9.17, 15) is 9.90 Å². The van der Waals surface area contributed by atoms with E-state index >= 15 is 0 Å². The number of ether oxygens (including phenoxy) is 1. The number of likely N-dealkylation sites (tertiary alicyclic amines) is 2. The molecule has 2 aromatic rings. The zero-order valence-electron chi connectivity index (χ0n) is 22.7. The Kier molecular flexibility index (Phi) is 7.26. The quantitative estimate of drug-likeness (QED) is 0.474. The number of fused-ring (bicyclic) bond motifs is 1. The molecule has 2 unspecified atom stereocenters. The molecule has 0 saturated carbocycles. The third kappa shape index (κ3) is 5.13. The first-order valence-electron chi connectivity index (χ1n) is 13.9. The van der Waals surface area contributed by atoms with Gasteiger partial charge in [-0.1, -0.05) is 12.1 Å². The average Bonchev–Trinajstić information content (AvgIpc) is 3.66. The van der Waals surface area contributed by atoms with Crippen molar-refractivity contribution in [1.29, 1.82) is 0 Å². The minimum atomic E-state index is -0.180. The summed E-state index contributed by atoms with van der Waals surface area (Å²) in [5.74, 6) is 2.77. The molecule has 39 heavy (non-hydrogen) atoms. The summed E-state index contributed by atoms with van der Waals surface area (Å²) >= 11 is 1.77. The van der Waals surface area contributed by atoms with Crippen molar-refractivity contribution in [2.45, 2.75) is 44.2 Å². The van der Waals surface area contributed by atoms with Gasteiger partial charge in [-0.15, -0.1) is 11.3 Å². The number of thiophene rings is 1. The van der Waals surface area contributed by atoms with Crippen LogP contribution < -0.4 is 15.8 Å². The average molecular weight is 551 g/mol. The number of aliphatic imine (C=N–C) groups is 1. The van der Waals surface area contributed by atoms with Crippen LogP contribution in [0.4, 0.5) is 0 Å². The van der Waals surface area contributed by atoms with Crippen molar-refractivity contribution in [3.05, 3.63) is 52.2 Å². The molecule has 0 spiro atoms. The highest BCUT2D eigenvalue weighted by molar-refractivity contribution is 7.19. The van der Waals surface area contributed by atoms with Gasteiger partial charge in [-0.3, -0.25) is 9.69 Å². The molecule has 2 atom stereocenters. The Labute approximate surface area is 233 Å². The second-order valence-electron chi connectivity index (χ2n) is 11.0. The zero-order valence-corrected chi connectivity index (χ0v) is 23.5. The molecule has 4 aliphatic rings. The van der Waals surface area contributed by atoms with Crippen molar-refractivity contribution in [2.24, 2.45) is 10.7 Å². The van der Waals surface area contributed by atoms with Crippen molar-refractivity contribution in [2.75, 3.05) is 53.0 Å². The molecule has 0 radical (unpaired) electrons. The molecular weight excluding hydrogens is 512 g/mol. The first-order valence-corrected chi connectivity index (χ1v) is 14.7. The van der Waals surface area contributed by atoms with Crippen LogP contribution in [0.2, 0.25) is 0 Å². The van der Waals surface area contributed by atoms with Crippen LogP contribution in [0.1, 0.15) is 35.6 Å². The Morgan fingerprint density at radius 3 is 2.85 bits per heavy atom. The lowest BCUT2D eigenvalue weighted by molar-refractivity contribution is -0.125. The van der Waals surface area contributed by atoms with Gasteiger partial charge in [0.05, 0.1) is 17.9 Å². The largest absolute Gasteiger partial charge is 0.495 e. The van der Waals surface area contributed by atoms with Gasteiger partial charge in [-0.25, -0.2) is 4.99 Å². The predicted molar refractivity (Wildman–Crippen MR) is 155 cm³/mol. The smallest absolute Gasteiger partial charge is 0.246 e. The number of nitrogens with zero attached hydrogens (tertiary/aromatic N) is 4. The summed E-state index contributed by atoms with van der Waals surface area (Å²) in [6.45, 7) is 7.33. The van der Waals surface area contributed by atoms with Gasteiger partial charge in [-0.05, 0) is 49.3 Å². The molecule has 2 saturated heterocycles. The van der Waals surface area contributed by atoms with Crippen LogP contribution >= 0.6 is 11.3 Å². The van der Waals surface area contributed by atoms with E-state index in [1.165, 1.54) is 15.8 Å². The fraction of sp³-hybridized carbons (Fsp3) is 0.517. The summed E-state index contributed by atoms with van der Waals surface area (Å²) in [5.41, 5.74) is 8.74. The standard InChI is InChI=1S/C29H38N6O3S/c1-18-12-19-14-24(39-27(19)23(13-18)38-2)22-16-35(29-26(22)28(30)31-17-32-29)20-5-11-34(15-20)25(37)4-3-8-33-9-6-21(36)7-10-33/h3-4,12-14,20-22,32,36H,5-11,15-17H2,1-2H3,(H2,30,31)/b4-3+. The topological polar surface area (TPSA) is 107 Å². The molecule has 6 rings (SSSR count). The number of nitrogens with two attached hydrogens (primary N) is 1. The molecule has 0 aliphatic carbocycles. The zero-order chi connectivity index (χ0) is 27.1. The number of piperidine rings is 1. The molecule has 1 aromatic carbocycles. The number of aliphatic hydroxyl groups excluding tert-OH is 1. The number of hydrogen-bond donors (Lipinski definition) is 3. The van der Waals surface area contributed by atoms with E-state index in [1.807, 2.05) is 11.0 Å². The number of rotatable bonds is 6. The van der Waals surface area contributed by atoms with Gasteiger partial charge in [0.2, 0.25) is 5.91 Å². The van der Waals surface area contributed by atoms with Crippen molar-refractivity contribution in [3.63, 3.8) is 0 Å². The van der Waals surface area contributed by atoms with E-state index < -0.39 is 0 Å². The van der Waals surface area contributed by atoms with E-state index in [2.05, 4.69) is 45.2 Å². The summed E-state index contributed by atoms with van der Waals surface area (Å²) in [4.78, 5) is 25.4. The molecule has 5 heterocycles. The maximum Gasteiger partial charge on any atom is 0.246 e. The van der Waals surface area contributed by atoms with Gasteiger partial charge >= 0.3 is 0 Å². The normalized spacial score (nSPS) is 24.5. The number of carbonyl (C=O) groups excluding carboxylic acids is 1. The Morgan fingerprint density at radius 1 is 1.23 bits per heavy atom. The molecule has 1 amide bonds. The lowest BCUT2D eigenvalue weighted by atomic mass is 9.98. The number of aliphatic hydroxyl groups is 1. The predicted octanol–water partition coefficient (Wildman–Crippen LogP) is 2.36. The monoisotopic (exact) mass is 550 g/mol. The Bertz CT molecular complexity index is 1340. The van der Waals surface area contributed by atoms with Crippen molar-refractivity contribution in [3.8, 4) is 5.75 Å². The number of amides is 1. The second-order valence-corrected chi connectivity index (χ2v) is 12.1. The molecule has 1 aromatic heterocycles. The number of amidine groups is 1. The van der Waals surface area contributed by atoms with E-state index in [1.54, 1.807) is 24.5 Å². The maximum absolute atomic E-state index is 13.0. The highest BCUT2D eigenvalue weighted by Gasteiger charge is 2.42. The number of methoxy groups -OCH3 is 1. The lowest BCUT2D eigenvalue weighted by Crippen LogP contribution is -2.41. The van der Waals surface area contributed by atoms with E-state index in [0.29, 0.717) is 19.0 Å². The van der Waals surface area contributed by atoms with Crippen molar-refractivity contribution < 1.29 is 14.6 Å². The van der Waals surface area contributed by atoms with Crippen LogP contribution in [0.5, 0.6) is 5.75 Å². The number of carbonyl (C=O) groups is 1. The molecule has 4 N–H and O–H groups in total. The van der Waals surface area contributed by atoms with Crippen LogP contribution in [0, 0.1) is 6.92 Å². The fourth-order valence-corrected chi connectivity index (χ4v) is 7.59. The first kappa shape index (κ1) is 26.2. The van der Waals surface area contributed by atoms with Crippen LogP contribution in [0.15, 0.2) is 46.7 Å². The van der Waals surface area contributed by atoms with Crippen LogP contribution in [0.3, 0.4) is 0 Å². The third-order valence-electron chi connectivity index (χ3n) is 8.45. The number of benzene rings is 1. The molecule has 9 nitrogen and oxygen atoms in total. The van der Waals surface area contributed by atoms with Gasteiger partial charge in [0.25, 0.3) is 0 Å². The fourth-order valence-electron chi connectivity index (χ4n) is 6.36. The molecule has 208 valence electrons. The SMILES string of the molecule is COc1cc(C)cc2cc(C3CN(C4CCN(C(=O)/C=C/CN5CCC(O)CC5)C4)C4=C3C(N)=NCN4)sc12. The summed E-state index contributed by atoms with van der Waals surface area (Å²) in [6, 6.07) is 6.79. The van der Waals surface area contributed by atoms with Gasteiger partial charge < -0.3 is 30.7 Å². The van der Waals surface area contributed by atoms with Crippen LogP contribution in [0.25, 0.3) is 10.1 Å². The van der Waals surface area contributed by atoms with E-state index in [0.717, 1.165) is 73.8 Å². The lowest BCUT2D eigenvalue weighted by Gasteiger charge is -2.30. The van der Waals surface area contributed by atoms with Gasteiger partial charge in [0, 0.05) is 67.8 Å². The van der Waals surface area contributed by atoms with Gasteiger partial charge in [0.15, 0.2) is 0 Å². The second kappa shape index (κ2) is 10.8. The molecule has 10 heteroatoms. The number of aryl methyl sites for hydroxylation is 1. The molecule has 4 aliphatic heterocycles. The Morgan fingerprint density at radius 2 is 2.05 bits per heavy atom. The minimum Gasteiger partial charge on any atom is -0.495 e. The highest BCUT2D eigenvalue weighted by Crippen LogP contribution is 2.44.